The van der Waals surface area contributed by atoms with Crippen molar-refractivity contribution in [1.29, 1.82) is 0 Å². The minimum Gasteiger partial charge on any atom is -0.496 e. The second-order valence-corrected chi connectivity index (χ2v) is 5.56. The third-order valence-electron chi connectivity index (χ3n) is 2.91. The van der Waals surface area contributed by atoms with Gasteiger partial charge in [-0.2, -0.15) is 0 Å². The minimum atomic E-state index is 0.1000. The van der Waals surface area contributed by atoms with Crippen LogP contribution in [0, 0.1) is 0 Å². The molecule has 19 heavy (non-hydrogen) atoms. The Morgan fingerprint density at radius 3 is 2.68 bits per heavy atom. The second-order valence-electron chi connectivity index (χ2n) is 4.23. The average molecular weight is 341 g/mol. The van der Waals surface area contributed by atoms with Crippen molar-refractivity contribution in [2.24, 2.45) is 0 Å². The third-order valence-corrected chi connectivity index (χ3v) is 3.73. The number of halogens is 2. The normalized spacial score (nSPS) is 12.0. The highest BCUT2D eigenvalue weighted by Crippen LogP contribution is 2.31. The topological polar surface area (TPSA) is 21.3 Å². The SMILES string of the molecule is COc1ccccc1C(C)Nc1cc(Br)ccc1Cl. The van der Waals surface area contributed by atoms with E-state index in [9.17, 15) is 0 Å². The fourth-order valence-corrected chi connectivity index (χ4v) is 2.48. The number of hydrogen-bond donors (Lipinski definition) is 1. The van der Waals surface area contributed by atoms with Crippen molar-refractivity contribution in [2.75, 3.05) is 12.4 Å². The zero-order valence-corrected chi connectivity index (χ0v) is 13.1. The van der Waals surface area contributed by atoms with Gasteiger partial charge in [0.1, 0.15) is 5.75 Å². The van der Waals surface area contributed by atoms with Crippen LogP contribution in [0.5, 0.6) is 5.75 Å². The number of ether oxygens (including phenoxy) is 1. The van der Waals surface area contributed by atoms with E-state index in [1.807, 2.05) is 42.5 Å². The van der Waals surface area contributed by atoms with Crippen molar-refractivity contribution in [3.05, 3.63) is 57.5 Å². The van der Waals surface area contributed by atoms with Crippen LogP contribution >= 0.6 is 27.5 Å². The predicted molar refractivity (Wildman–Crippen MR) is 84.2 cm³/mol. The molecule has 1 unspecified atom stereocenters. The standard InChI is InChI=1S/C15H15BrClNO/c1-10(12-5-3-4-6-15(12)19-2)18-14-9-11(16)7-8-13(14)17/h3-10,18H,1-2H3. The van der Waals surface area contributed by atoms with Gasteiger partial charge in [0.25, 0.3) is 0 Å². The van der Waals surface area contributed by atoms with Gasteiger partial charge in [-0.1, -0.05) is 45.7 Å². The first-order chi connectivity index (χ1) is 9.11. The summed E-state index contributed by atoms with van der Waals surface area (Å²) in [5, 5.41) is 4.10. The molecule has 0 aliphatic heterocycles. The molecule has 0 saturated heterocycles. The lowest BCUT2D eigenvalue weighted by atomic mass is 10.1. The number of anilines is 1. The fourth-order valence-electron chi connectivity index (χ4n) is 1.94. The summed E-state index contributed by atoms with van der Waals surface area (Å²) < 4.78 is 6.37. The van der Waals surface area contributed by atoms with Gasteiger partial charge in [-0.15, -0.1) is 0 Å². The van der Waals surface area contributed by atoms with E-state index in [1.54, 1.807) is 7.11 Å². The highest BCUT2D eigenvalue weighted by molar-refractivity contribution is 9.10. The number of para-hydroxylation sites is 1. The highest BCUT2D eigenvalue weighted by atomic mass is 79.9. The van der Waals surface area contributed by atoms with Crippen molar-refractivity contribution in [1.82, 2.24) is 0 Å². The van der Waals surface area contributed by atoms with E-state index in [2.05, 4.69) is 28.2 Å². The van der Waals surface area contributed by atoms with Gasteiger partial charge in [0.15, 0.2) is 0 Å². The number of hydrogen-bond acceptors (Lipinski definition) is 2. The Hall–Kier alpha value is -1.19. The molecular weight excluding hydrogens is 326 g/mol. The monoisotopic (exact) mass is 339 g/mol. The van der Waals surface area contributed by atoms with Crippen LogP contribution in [0.3, 0.4) is 0 Å². The van der Waals surface area contributed by atoms with E-state index < -0.39 is 0 Å². The van der Waals surface area contributed by atoms with Gasteiger partial charge in [0.2, 0.25) is 0 Å². The largest absolute Gasteiger partial charge is 0.496 e. The summed E-state index contributed by atoms with van der Waals surface area (Å²) in [6, 6.07) is 13.8. The van der Waals surface area contributed by atoms with Crippen molar-refractivity contribution in [2.45, 2.75) is 13.0 Å². The molecule has 2 nitrogen and oxygen atoms in total. The number of nitrogens with one attached hydrogen (secondary N) is 1. The van der Waals surface area contributed by atoms with Crippen LogP contribution < -0.4 is 10.1 Å². The maximum atomic E-state index is 6.19. The van der Waals surface area contributed by atoms with Crippen molar-refractivity contribution < 1.29 is 4.74 Å². The van der Waals surface area contributed by atoms with Crippen LogP contribution in [0.25, 0.3) is 0 Å². The van der Waals surface area contributed by atoms with E-state index in [0.29, 0.717) is 5.02 Å². The van der Waals surface area contributed by atoms with Crippen LogP contribution in [-0.4, -0.2) is 7.11 Å². The van der Waals surface area contributed by atoms with Crippen LogP contribution in [0.1, 0.15) is 18.5 Å². The summed E-state index contributed by atoms with van der Waals surface area (Å²) in [6.07, 6.45) is 0. The first-order valence-electron chi connectivity index (χ1n) is 5.96. The van der Waals surface area contributed by atoms with Crippen molar-refractivity contribution >= 4 is 33.2 Å². The molecule has 0 aromatic heterocycles. The first kappa shape index (κ1) is 14.2. The Bertz CT molecular complexity index is 574. The molecule has 1 N–H and O–H groups in total. The molecule has 1 atom stereocenters. The third kappa shape index (κ3) is 3.43. The lowest BCUT2D eigenvalue weighted by Gasteiger charge is -2.19. The summed E-state index contributed by atoms with van der Waals surface area (Å²) >= 11 is 9.63. The van der Waals surface area contributed by atoms with Gasteiger partial charge >= 0.3 is 0 Å². The number of methoxy groups -OCH3 is 1. The molecule has 0 amide bonds. The molecule has 0 aliphatic carbocycles. The smallest absolute Gasteiger partial charge is 0.124 e. The van der Waals surface area contributed by atoms with Crippen LogP contribution in [0.2, 0.25) is 5.02 Å². The molecule has 2 aromatic carbocycles. The Morgan fingerprint density at radius 1 is 1.21 bits per heavy atom. The van der Waals surface area contributed by atoms with Crippen LogP contribution in [-0.2, 0) is 0 Å². The maximum Gasteiger partial charge on any atom is 0.124 e. The molecular formula is C15H15BrClNO. The quantitative estimate of drug-likeness (QED) is 0.817. The molecule has 0 heterocycles. The number of benzene rings is 2. The van der Waals surface area contributed by atoms with E-state index in [-0.39, 0.29) is 6.04 Å². The Labute approximate surface area is 126 Å². The van der Waals surface area contributed by atoms with Gasteiger partial charge in [0.05, 0.1) is 23.9 Å². The van der Waals surface area contributed by atoms with E-state index in [0.717, 1.165) is 21.5 Å². The Balaban J connectivity index is 2.25. The summed E-state index contributed by atoms with van der Waals surface area (Å²) in [6.45, 7) is 2.08. The molecule has 100 valence electrons. The molecule has 0 fully saturated rings. The van der Waals surface area contributed by atoms with E-state index in [1.165, 1.54) is 0 Å². The lowest BCUT2D eigenvalue weighted by Crippen LogP contribution is -2.08. The van der Waals surface area contributed by atoms with Crippen LogP contribution in [0.4, 0.5) is 5.69 Å². The Kier molecular flexibility index (Phi) is 4.72. The van der Waals surface area contributed by atoms with Gasteiger partial charge in [-0.05, 0) is 31.2 Å². The minimum absolute atomic E-state index is 0.1000. The summed E-state index contributed by atoms with van der Waals surface area (Å²) in [7, 11) is 1.68. The summed E-state index contributed by atoms with van der Waals surface area (Å²) in [5.41, 5.74) is 2.00. The van der Waals surface area contributed by atoms with Gasteiger partial charge in [0, 0.05) is 10.0 Å². The lowest BCUT2D eigenvalue weighted by molar-refractivity contribution is 0.408. The fraction of sp³-hybridized carbons (Fsp3) is 0.200. The van der Waals surface area contributed by atoms with Gasteiger partial charge < -0.3 is 10.1 Å². The predicted octanol–water partition coefficient (Wildman–Crippen LogP) is 5.28. The van der Waals surface area contributed by atoms with Crippen molar-refractivity contribution in [3.63, 3.8) is 0 Å². The molecule has 0 aliphatic rings. The zero-order chi connectivity index (χ0) is 13.8. The Morgan fingerprint density at radius 2 is 1.95 bits per heavy atom. The molecule has 0 radical (unpaired) electrons. The molecule has 4 heteroatoms. The maximum absolute atomic E-state index is 6.19. The molecule has 0 saturated carbocycles. The molecule has 0 spiro atoms. The van der Waals surface area contributed by atoms with E-state index >= 15 is 0 Å². The van der Waals surface area contributed by atoms with Crippen molar-refractivity contribution in [3.8, 4) is 5.75 Å². The first-order valence-corrected chi connectivity index (χ1v) is 7.13. The zero-order valence-electron chi connectivity index (χ0n) is 10.8. The number of rotatable bonds is 4. The van der Waals surface area contributed by atoms with Gasteiger partial charge in [-0.25, -0.2) is 0 Å². The molecule has 0 bridgehead atoms. The average Bonchev–Trinajstić information content (AvgIpc) is 2.42. The molecule has 2 rings (SSSR count). The second kappa shape index (κ2) is 6.31. The van der Waals surface area contributed by atoms with E-state index in [4.69, 9.17) is 16.3 Å². The summed E-state index contributed by atoms with van der Waals surface area (Å²) in [5.74, 6) is 0.869. The summed E-state index contributed by atoms with van der Waals surface area (Å²) in [4.78, 5) is 0. The molecule has 2 aromatic rings. The highest BCUT2D eigenvalue weighted by Gasteiger charge is 2.12. The van der Waals surface area contributed by atoms with Crippen LogP contribution in [0.15, 0.2) is 46.9 Å². The van der Waals surface area contributed by atoms with Gasteiger partial charge in [-0.3, -0.25) is 0 Å².